The molecular weight excluding hydrogens is 406 g/mol. The van der Waals surface area contributed by atoms with Gasteiger partial charge in [0.25, 0.3) is 0 Å². The van der Waals surface area contributed by atoms with E-state index in [-0.39, 0.29) is 17.9 Å². The van der Waals surface area contributed by atoms with Crippen LogP contribution in [0.15, 0.2) is 36.4 Å². The normalized spacial score (nSPS) is 10.9. The lowest BCUT2D eigenvalue weighted by Gasteiger charge is -2.07. The second-order valence-electron chi connectivity index (χ2n) is 6.25. The number of anilines is 1. The van der Waals surface area contributed by atoms with Crippen LogP contribution in [0.25, 0.3) is 0 Å². The third-order valence-electron chi connectivity index (χ3n) is 4.16. The van der Waals surface area contributed by atoms with E-state index in [0.717, 1.165) is 11.3 Å². The molecule has 0 aliphatic rings. The molecule has 0 fully saturated rings. The number of hydrogen-bond donors (Lipinski definition) is 2. The maximum Gasteiger partial charge on any atom is 0.230 e. The first-order valence-corrected chi connectivity index (χ1v) is 9.14. The number of amides is 1. The van der Waals surface area contributed by atoms with Gasteiger partial charge in [-0.05, 0) is 48.9 Å². The first-order chi connectivity index (χ1) is 13.4. The lowest BCUT2D eigenvalue weighted by atomic mass is 10.2. The van der Waals surface area contributed by atoms with Crippen molar-refractivity contribution in [3.05, 3.63) is 74.8 Å². The molecule has 0 unspecified atom stereocenters. The van der Waals surface area contributed by atoms with E-state index < -0.39 is 12.4 Å². The summed E-state index contributed by atoms with van der Waals surface area (Å²) in [4.78, 5) is 12.3. The number of aromatic nitrogens is 3. The molecule has 146 valence electrons. The molecular formula is C19H17Cl2FN4O2. The lowest BCUT2D eigenvalue weighted by Crippen LogP contribution is -2.16. The fraction of sp³-hybridized carbons (Fsp3) is 0.211. The predicted octanol–water partition coefficient (Wildman–Crippen LogP) is 3.75. The van der Waals surface area contributed by atoms with Crippen molar-refractivity contribution in [2.24, 2.45) is 0 Å². The van der Waals surface area contributed by atoms with Crippen LogP contribution in [0.3, 0.4) is 0 Å². The summed E-state index contributed by atoms with van der Waals surface area (Å²) in [7, 11) is 0. The van der Waals surface area contributed by atoms with Gasteiger partial charge in [0.2, 0.25) is 5.91 Å². The number of aliphatic hydroxyl groups is 1. The van der Waals surface area contributed by atoms with Gasteiger partial charge in [0.05, 0.1) is 31.0 Å². The molecule has 2 aromatic carbocycles. The van der Waals surface area contributed by atoms with Gasteiger partial charge in [0, 0.05) is 21.3 Å². The number of carbonyl (C=O) groups excluding carboxylic acids is 1. The molecule has 1 heterocycles. The van der Waals surface area contributed by atoms with Crippen molar-refractivity contribution in [2.45, 2.75) is 26.5 Å². The topological polar surface area (TPSA) is 80.0 Å². The van der Waals surface area contributed by atoms with Gasteiger partial charge >= 0.3 is 0 Å². The van der Waals surface area contributed by atoms with Crippen LogP contribution >= 0.6 is 23.2 Å². The highest BCUT2D eigenvalue weighted by Gasteiger charge is 2.14. The highest BCUT2D eigenvalue weighted by Crippen LogP contribution is 2.20. The first-order valence-electron chi connectivity index (χ1n) is 8.39. The highest BCUT2D eigenvalue weighted by atomic mass is 35.5. The number of halogens is 3. The maximum atomic E-state index is 13.4. The van der Waals surface area contributed by atoms with Crippen molar-refractivity contribution in [1.82, 2.24) is 15.0 Å². The summed E-state index contributed by atoms with van der Waals surface area (Å²) in [6.07, 6.45) is 0.00791. The third-order valence-corrected chi connectivity index (χ3v) is 4.60. The Balaban J connectivity index is 1.69. The Hall–Kier alpha value is -2.48. The number of nitrogens with one attached hydrogen (secondary N) is 1. The molecule has 28 heavy (non-hydrogen) atoms. The molecule has 0 saturated heterocycles. The van der Waals surface area contributed by atoms with Gasteiger partial charge in [0.15, 0.2) is 0 Å². The lowest BCUT2D eigenvalue weighted by molar-refractivity contribution is -0.115. The van der Waals surface area contributed by atoms with Gasteiger partial charge in [-0.15, -0.1) is 5.10 Å². The van der Waals surface area contributed by atoms with E-state index in [0.29, 0.717) is 28.0 Å². The summed E-state index contributed by atoms with van der Waals surface area (Å²) in [5.74, 6) is -0.850. The molecule has 3 aromatic rings. The zero-order chi connectivity index (χ0) is 20.3. The standard InChI is InChI=1S/C19H17Cl2FN4O2/c1-11-18(8-19(28)23-16-2-3-17(22)13(6-16)10-27)24-25-26(11)9-12-4-14(20)7-15(21)5-12/h2-7,27H,8-10H2,1H3,(H,23,28). The Labute approximate surface area is 170 Å². The van der Waals surface area contributed by atoms with Crippen LogP contribution < -0.4 is 5.32 Å². The van der Waals surface area contributed by atoms with E-state index in [4.69, 9.17) is 28.3 Å². The Kier molecular flexibility index (Phi) is 6.28. The molecule has 1 amide bonds. The Bertz CT molecular complexity index is 1000. The van der Waals surface area contributed by atoms with Crippen LogP contribution in [-0.2, 0) is 24.4 Å². The number of benzene rings is 2. The minimum Gasteiger partial charge on any atom is -0.392 e. The largest absolute Gasteiger partial charge is 0.392 e. The van der Waals surface area contributed by atoms with Crippen molar-refractivity contribution in [2.75, 3.05) is 5.32 Å². The van der Waals surface area contributed by atoms with Crippen molar-refractivity contribution >= 4 is 34.8 Å². The van der Waals surface area contributed by atoms with E-state index in [1.165, 1.54) is 18.2 Å². The molecule has 0 radical (unpaired) electrons. The summed E-state index contributed by atoms with van der Waals surface area (Å²) in [6, 6.07) is 9.23. The Morgan fingerprint density at radius 1 is 1.21 bits per heavy atom. The molecule has 3 rings (SSSR count). The van der Waals surface area contributed by atoms with Gasteiger partial charge in [-0.2, -0.15) is 0 Å². The van der Waals surface area contributed by atoms with E-state index in [1.54, 1.807) is 22.9 Å². The number of carbonyl (C=O) groups is 1. The van der Waals surface area contributed by atoms with Crippen molar-refractivity contribution in [1.29, 1.82) is 0 Å². The second kappa shape index (κ2) is 8.68. The average molecular weight is 423 g/mol. The average Bonchev–Trinajstić information content (AvgIpc) is 2.95. The van der Waals surface area contributed by atoms with Gasteiger partial charge in [0.1, 0.15) is 5.82 Å². The van der Waals surface area contributed by atoms with Crippen LogP contribution in [0.4, 0.5) is 10.1 Å². The van der Waals surface area contributed by atoms with Crippen LogP contribution in [0, 0.1) is 12.7 Å². The smallest absolute Gasteiger partial charge is 0.230 e. The molecule has 6 nitrogen and oxygen atoms in total. The molecule has 9 heteroatoms. The van der Waals surface area contributed by atoms with Crippen LogP contribution in [0.1, 0.15) is 22.5 Å². The quantitative estimate of drug-likeness (QED) is 0.633. The SMILES string of the molecule is Cc1c(CC(=O)Nc2ccc(F)c(CO)c2)nnn1Cc1cc(Cl)cc(Cl)c1. The van der Waals surface area contributed by atoms with Crippen molar-refractivity contribution in [3.8, 4) is 0 Å². The van der Waals surface area contributed by atoms with E-state index in [2.05, 4.69) is 15.6 Å². The summed E-state index contributed by atoms with van der Waals surface area (Å²) in [5, 5.41) is 21.0. The summed E-state index contributed by atoms with van der Waals surface area (Å²) < 4.78 is 15.1. The van der Waals surface area contributed by atoms with Crippen LogP contribution in [0.2, 0.25) is 10.0 Å². The van der Waals surface area contributed by atoms with Crippen molar-refractivity contribution < 1.29 is 14.3 Å². The van der Waals surface area contributed by atoms with Crippen molar-refractivity contribution in [3.63, 3.8) is 0 Å². The van der Waals surface area contributed by atoms with Crippen LogP contribution in [0.5, 0.6) is 0 Å². The van der Waals surface area contributed by atoms with Gasteiger partial charge < -0.3 is 10.4 Å². The third kappa shape index (κ3) is 4.86. The Morgan fingerprint density at radius 3 is 2.61 bits per heavy atom. The van der Waals surface area contributed by atoms with E-state index >= 15 is 0 Å². The van der Waals surface area contributed by atoms with E-state index in [9.17, 15) is 9.18 Å². The first kappa shape index (κ1) is 20.3. The monoisotopic (exact) mass is 422 g/mol. The zero-order valence-corrected chi connectivity index (χ0v) is 16.4. The summed E-state index contributed by atoms with van der Waals surface area (Å²) in [6.45, 7) is 1.78. The minimum atomic E-state index is -0.527. The number of rotatable bonds is 6. The van der Waals surface area contributed by atoms with Gasteiger partial charge in [-0.3, -0.25) is 4.79 Å². The molecule has 0 spiro atoms. The maximum absolute atomic E-state index is 13.4. The molecule has 1 aromatic heterocycles. The summed E-state index contributed by atoms with van der Waals surface area (Å²) in [5.41, 5.74) is 2.63. The molecule has 2 N–H and O–H groups in total. The number of aliphatic hydroxyl groups excluding tert-OH is 1. The fourth-order valence-corrected chi connectivity index (χ4v) is 3.29. The molecule has 0 saturated carbocycles. The van der Waals surface area contributed by atoms with Gasteiger partial charge in [-0.1, -0.05) is 28.4 Å². The fourth-order valence-electron chi connectivity index (χ4n) is 2.72. The molecule has 0 aliphatic carbocycles. The van der Waals surface area contributed by atoms with Gasteiger partial charge in [-0.25, -0.2) is 9.07 Å². The molecule has 0 atom stereocenters. The predicted molar refractivity (Wildman–Crippen MR) is 105 cm³/mol. The molecule has 0 aliphatic heterocycles. The summed E-state index contributed by atoms with van der Waals surface area (Å²) >= 11 is 12.0. The zero-order valence-electron chi connectivity index (χ0n) is 14.9. The van der Waals surface area contributed by atoms with Crippen LogP contribution in [-0.4, -0.2) is 26.0 Å². The minimum absolute atomic E-state index is 0.00791. The number of hydrogen-bond acceptors (Lipinski definition) is 4. The molecule has 0 bridgehead atoms. The van der Waals surface area contributed by atoms with E-state index in [1.807, 2.05) is 6.92 Å². The highest BCUT2D eigenvalue weighted by molar-refractivity contribution is 6.34. The Morgan fingerprint density at radius 2 is 1.93 bits per heavy atom. The second-order valence-corrected chi connectivity index (χ2v) is 7.12. The number of nitrogens with zero attached hydrogens (tertiary/aromatic N) is 3.